The highest BCUT2D eigenvalue weighted by atomic mass is 16.5. The summed E-state index contributed by atoms with van der Waals surface area (Å²) < 4.78 is 7.99. The van der Waals surface area contributed by atoms with Crippen LogP contribution in [-0.2, 0) is 18.5 Å². The number of nitrogens with two attached hydrogens (primary N) is 1. The van der Waals surface area contributed by atoms with Gasteiger partial charge in [-0.25, -0.2) is 15.8 Å². The van der Waals surface area contributed by atoms with Gasteiger partial charge in [0.1, 0.15) is 5.75 Å². The molecule has 36 heavy (non-hydrogen) atoms. The SMILES string of the molecule is CC(C)(C)c1cn(C[C@@H](C2CCCCC2)N2Cc3cc(Oc4ccccc4)ncc3N=C2NN)nn1. The topological polar surface area (TPSA) is 106 Å². The van der Waals surface area contributed by atoms with Crippen molar-refractivity contribution in [3.63, 3.8) is 0 Å². The van der Waals surface area contributed by atoms with Crippen LogP contribution in [0.3, 0.4) is 0 Å². The summed E-state index contributed by atoms with van der Waals surface area (Å²) in [5, 5.41) is 8.94. The van der Waals surface area contributed by atoms with Crippen LogP contribution >= 0.6 is 0 Å². The van der Waals surface area contributed by atoms with Crippen molar-refractivity contribution in [3.8, 4) is 11.6 Å². The lowest BCUT2D eigenvalue weighted by Gasteiger charge is -2.41. The molecule has 3 N–H and O–H groups in total. The molecule has 9 heteroatoms. The molecule has 0 bridgehead atoms. The maximum absolute atomic E-state index is 6.00. The number of para-hydroxylation sites is 1. The quantitative estimate of drug-likeness (QED) is 0.383. The normalized spacial score (nSPS) is 17.3. The van der Waals surface area contributed by atoms with Crippen LogP contribution in [0.2, 0.25) is 0 Å². The van der Waals surface area contributed by atoms with Gasteiger partial charge in [-0.15, -0.1) is 5.10 Å². The first-order chi connectivity index (χ1) is 17.4. The van der Waals surface area contributed by atoms with Crippen LogP contribution in [0.5, 0.6) is 11.6 Å². The van der Waals surface area contributed by atoms with E-state index in [2.05, 4.69) is 52.6 Å². The van der Waals surface area contributed by atoms with Crippen LogP contribution in [0.15, 0.2) is 53.8 Å². The number of ether oxygens (including phenoxy) is 1. The minimum absolute atomic E-state index is 0.0454. The van der Waals surface area contributed by atoms with E-state index in [-0.39, 0.29) is 11.5 Å². The van der Waals surface area contributed by atoms with E-state index in [1.807, 2.05) is 41.1 Å². The van der Waals surface area contributed by atoms with Crippen molar-refractivity contribution in [1.82, 2.24) is 30.3 Å². The van der Waals surface area contributed by atoms with Crippen molar-refractivity contribution in [2.24, 2.45) is 16.8 Å². The lowest BCUT2D eigenvalue weighted by molar-refractivity contribution is 0.149. The lowest BCUT2D eigenvalue weighted by atomic mass is 9.83. The van der Waals surface area contributed by atoms with E-state index < -0.39 is 0 Å². The molecule has 1 aliphatic carbocycles. The molecule has 0 spiro atoms. The predicted molar refractivity (Wildman–Crippen MR) is 140 cm³/mol. The Morgan fingerprint density at radius 1 is 1.14 bits per heavy atom. The first kappa shape index (κ1) is 24.2. The Bertz CT molecular complexity index is 1190. The van der Waals surface area contributed by atoms with Gasteiger partial charge < -0.3 is 9.64 Å². The minimum Gasteiger partial charge on any atom is -0.439 e. The Balaban J connectivity index is 1.44. The van der Waals surface area contributed by atoms with E-state index >= 15 is 0 Å². The molecule has 2 aliphatic rings. The Hall–Kier alpha value is -3.46. The molecule has 190 valence electrons. The number of hydrogen-bond acceptors (Lipinski definition) is 8. The predicted octanol–water partition coefficient (Wildman–Crippen LogP) is 4.68. The summed E-state index contributed by atoms with van der Waals surface area (Å²) >= 11 is 0. The van der Waals surface area contributed by atoms with Gasteiger partial charge in [0, 0.05) is 29.8 Å². The summed E-state index contributed by atoms with van der Waals surface area (Å²) in [6.45, 7) is 7.87. The molecule has 5 rings (SSSR count). The number of hydrogen-bond donors (Lipinski definition) is 2. The van der Waals surface area contributed by atoms with Gasteiger partial charge in [0.25, 0.3) is 0 Å². The summed E-state index contributed by atoms with van der Waals surface area (Å²) in [4.78, 5) is 11.6. The van der Waals surface area contributed by atoms with Gasteiger partial charge in [-0.1, -0.05) is 63.4 Å². The number of benzene rings is 1. The van der Waals surface area contributed by atoms with E-state index in [1.54, 1.807) is 6.20 Å². The molecule has 0 unspecified atom stereocenters. The maximum Gasteiger partial charge on any atom is 0.219 e. The molecule has 1 atom stereocenters. The van der Waals surface area contributed by atoms with Gasteiger partial charge in [0.05, 0.1) is 30.2 Å². The average molecular weight is 489 g/mol. The van der Waals surface area contributed by atoms with Gasteiger partial charge in [0.2, 0.25) is 11.8 Å². The van der Waals surface area contributed by atoms with E-state index in [9.17, 15) is 0 Å². The van der Waals surface area contributed by atoms with Crippen LogP contribution in [0.1, 0.15) is 64.1 Å². The molecular weight excluding hydrogens is 452 g/mol. The fourth-order valence-corrected chi connectivity index (χ4v) is 5.13. The second-order valence-corrected chi connectivity index (χ2v) is 10.8. The van der Waals surface area contributed by atoms with Crippen molar-refractivity contribution in [1.29, 1.82) is 0 Å². The number of aliphatic imine (C=N–C) groups is 1. The smallest absolute Gasteiger partial charge is 0.219 e. The van der Waals surface area contributed by atoms with E-state index in [1.165, 1.54) is 32.1 Å². The second-order valence-electron chi connectivity index (χ2n) is 10.8. The van der Waals surface area contributed by atoms with Crippen LogP contribution < -0.4 is 16.0 Å². The molecule has 1 aromatic carbocycles. The zero-order valence-electron chi connectivity index (χ0n) is 21.4. The Morgan fingerprint density at radius 3 is 2.61 bits per heavy atom. The molecule has 0 amide bonds. The Morgan fingerprint density at radius 2 is 1.92 bits per heavy atom. The molecule has 9 nitrogen and oxygen atoms in total. The summed E-state index contributed by atoms with van der Waals surface area (Å²) in [6, 6.07) is 11.9. The molecule has 2 aromatic heterocycles. The zero-order valence-corrected chi connectivity index (χ0v) is 21.4. The number of aromatic nitrogens is 4. The highest BCUT2D eigenvalue weighted by Gasteiger charge is 2.34. The van der Waals surface area contributed by atoms with Gasteiger partial charge in [-0.3, -0.25) is 10.1 Å². The molecule has 3 aromatic rings. The zero-order chi connectivity index (χ0) is 25.1. The first-order valence-corrected chi connectivity index (χ1v) is 12.8. The molecule has 1 aliphatic heterocycles. The van der Waals surface area contributed by atoms with Gasteiger partial charge in [-0.2, -0.15) is 0 Å². The first-order valence-electron chi connectivity index (χ1n) is 12.8. The monoisotopic (exact) mass is 488 g/mol. The second kappa shape index (κ2) is 10.3. The Labute approximate surface area is 212 Å². The van der Waals surface area contributed by atoms with Crippen LogP contribution in [0.25, 0.3) is 0 Å². The molecule has 0 saturated heterocycles. The van der Waals surface area contributed by atoms with Crippen LogP contribution in [0, 0.1) is 5.92 Å². The van der Waals surface area contributed by atoms with Gasteiger partial charge in [-0.05, 0) is 30.9 Å². The molecule has 0 radical (unpaired) electrons. The number of fused-ring (bicyclic) bond motifs is 1. The third-order valence-electron chi connectivity index (χ3n) is 7.15. The van der Waals surface area contributed by atoms with Crippen molar-refractivity contribution < 1.29 is 4.74 Å². The lowest BCUT2D eigenvalue weighted by Crippen LogP contribution is -2.54. The number of rotatable bonds is 6. The largest absolute Gasteiger partial charge is 0.439 e. The van der Waals surface area contributed by atoms with E-state index in [0.717, 1.165) is 29.2 Å². The molecule has 1 fully saturated rings. The fraction of sp³-hybridized carbons (Fsp3) is 0.481. The summed E-state index contributed by atoms with van der Waals surface area (Å²) in [7, 11) is 0. The van der Waals surface area contributed by atoms with Crippen LogP contribution in [0.4, 0.5) is 5.69 Å². The van der Waals surface area contributed by atoms with E-state index in [0.29, 0.717) is 24.3 Å². The number of guanidine groups is 1. The van der Waals surface area contributed by atoms with Gasteiger partial charge in [0.15, 0.2) is 0 Å². The van der Waals surface area contributed by atoms with Crippen LogP contribution in [-0.4, -0.2) is 36.9 Å². The van der Waals surface area contributed by atoms with E-state index in [4.69, 9.17) is 15.6 Å². The highest BCUT2D eigenvalue weighted by molar-refractivity contribution is 5.84. The number of nitrogens with zero attached hydrogens (tertiary/aromatic N) is 6. The number of pyridine rings is 1. The Kier molecular flexibility index (Phi) is 6.91. The maximum atomic E-state index is 6.00. The molecule has 3 heterocycles. The van der Waals surface area contributed by atoms with Crippen molar-refractivity contribution in [2.45, 2.75) is 77.4 Å². The van der Waals surface area contributed by atoms with Crippen molar-refractivity contribution >= 4 is 11.6 Å². The molecular formula is C27H36N8O. The van der Waals surface area contributed by atoms with Crippen molar-refractivity contribution in [2.75, 3.05) is 0 Å². The molecule has 1 saturated carbocycles. The third kappa shape index (κ3) is 5.36. The van der Waals surface area contributed by atoms with Gasteiger partial charge >= 0.3 is 0 Å². The summed E-state index contributed by atoms with van der Waals surface area (Å²) in [5.41, 5.74) is 5.67. The fourth-order valence-electron chi connectivity index (χ4n) is 5.13. The summed E-state index contributed by atoms with van der Waals surface area (Å²) in [6.07, 6.45) is 10.00. The summed E-state index contributed by atoms with van der Waals surface area (Å²) in [5.74, 6) is 8.49. The highest BCUT2D eigenvalue weighted by Crippen LogP contribution is 2.35. The third-order valence-corrected chi connectivity index (χ3v) is 7.15. The number of hydrazine groups is 1. The minimum atomic E-state index is -0.0454. The number of nitrogens with one attached hydrogen (secondary N) is 1. The van der Waals surface area contributed by atoms with Crippen molar-refractivity contribution in [3.05, 3.63) is 60.0 Å². The average Bonchev–Trinajstić information content (AvgIpc) is 3.37. The standard InChI is InChI=1S/C27H36N8O/c1-27(2,3)24-18-34(33-32-24)17-23(19-10-6-4-7-11-19)35-16-20-14-25(36-21-12-8-5-9-13-21)29-15-22(20)30-26(35)31-28/h5,8-9,12-15,18-19,23H,4,6-7,10-11,16-17,28H2,1-3H3,(H,30,31)/t23-/m0/s1.